The van der Waals surface area contributed by atoms with Gasteiger partial charge in [-0.25, -0.2) is 4.98 Å². The van der Waals surface area contributed by atoms with Crippen LogP contribution in [0.2, 0.25) is 5.15 Å². The summed E-state index contributed by atoms with van der Waals surface area (Å²) in [6, 6.07) is 4.10. The van der Waals surface area contributed by atoms with Gasteiger partial charge in [0.25, 0.3) is 0 Å². The number of nitrogens with two attached hydrogens (primary N) is 1. The van der Waals surface area contributed by atoms with Gasteiger partial charge in [0.1, 0.15) is 5.15 Å². The zero-order valence-corrected chi connectivity index (χ0v) is 8.74. The van der Waals surface area contributed by atoms with E-state index in [0.29, 0.717) is 11.2 Å². The van der Waals surface area contributed by atoms with Crippen LogP contribution in [-0.4, -0.2) is 24.1 Å². The predicted octanol–water partition coefficient (Wildman–Crippen LogP) is 1.66. The molecule has 1 fully saturated rings. The van der Waals surface area contributed by atoms with Gasteiger partial charge in [-0.05, 0) is 25.0 Å². The van der Waals surface area contributed by atoms with Gasteiger partial charge in [0.15, 0.2) is 0 Å². The summed E-state index contributed by atoms with van der Waals surface area (Å²) in [5.41, 5.74) is 7.02. The molecule has 0 aromatic carbocycles. The molecular formula is C10H14ClN3. The van der Waals surface area contributed by atoms with Crippen molar-refractivity contribution in [1.82, 2.24) is 4.98 Å². The van der Waals surface area contributed by atoms with Gasteiger partial charge in [0.2, 0.25) is 0 Å². The Labute approximate surface area is 88.9 Å². The number of anilines is 1. The maximum Gasteiger partial charge on any atom is 0.129 e. The third-order valence-electron chi connectivity index (χ3n) is 2.53. The van der Waals surface area contributed by atoms with Crippen molar-refractivity contribution >= 4 is 17.3 Å². The standard InChI is InChI=1S/C10H14ClN3/c11-10-4-3-9(6-13-10)14-5-1-2-8(12)7-14/h3-4,6,8H,1-2,5,7,12H2/t8-/m1/s1. The highest BCUT2D eigenvalue weighted by Crippen LogP contribution is 2.19. The molecule has 2 N–H and O–H groups in total. The molecule has 1 aliphatic heterocycles. The second-order valence-corrected chi connectivity index (χ2v) is 4.07. The fourth-order valence-corrected chi connectivity index (χ4v) is 1.91. The molecule has 0 aliphatic carbocycles. The third kappa shape index (κ3) is 2.16. The second-order valence-electron chi connectivity index (χ2n) is 3.69. The Bertz CT molecular complexity index is 299. The Morgan fingerprint density at radius 1 is 1.50 bits per heavy atom. The van der Waals surface area contributed by atoms with Crippen LogP contribution in [0.25, 0.3) is 0 Å². The van der Waals surface area contributed by atoms with Crippen LogP contribution in [0.3, 0.4) is 0 Å². The van der Waals surface area contributed by atoms with Gasteiger partial charge in [-0.3, -0.25) is 0 Å². The Morgan fingerprint density at radius 2 is 2.36 bits per heavy atom. The monoisotopic (exact) mass is 211 g/mol. The molecule has 76 valence electrons. The van der Waals surface area contributed by atoms with Gasteiger partial charge >= 0.3 is 0 Å². The maximum atomic E-state index is 5.90. The van der Waals surface area contributed by atoms with Gasteiger partial charge in [-0.1, -0.05) is 11.6 Å². The fourth-order valence-electron chi connectivity index (χ4n) is 1.80. The number of aromatic nitrogens is 1. The summed E-state index contributed by atoms with van der Waals surface area (Å²) in [6.45, 7) is 1.99. The lowest BCUT2D eigenvalue weighted by atomic mass is 10.1. The van der Waals surface area contributed by atoms with Crippen molar-refractivity contribution in [2.45, 2.75) is 18.9 Å². The lowest BCUT2D eigenvalue weighted by molar-refractivity contribution is 0.506. The smallest absolute Gasteiger partial charge is 0.129 e. The van der Waals surface area contributed by atoms with E-state index >= 15 is 0 Å². The number of halogens is 1. The number of rotatable bonds is 1. The zero-order valence-electron chi connectivity index (χ0n) is 7.99. The minimum atomic E-state index is 0.291. The van der Waals surface area contributed by atoms with Crippen LogP contribution in [-0.2, 0) is 0 Å². The van der Waals surface area contributed by atoms with E-state index in [1.807, 2.05) is 12.1 Å². The van der Waals surface area contributed by atoms with Gasteiger partial charge in [0.05, 0.1) is 11.9 Å². The molecule has 3 nitrogen and oxygen atoms in total. The topological polar surface area (TPSA) is 42.1 Å². The Balaban J connectivity index is 2.10. The van der Waals surface area contributed by atoms with Crippen LogP contribution in [0.1, 0.15) is 12.8 Å². The van der Waals surface area contributed by atoms with E-state index in [0.717, 1.165) is 31.6 Å². The SMILES string of the molecule is N[C@@H]1CCCN(c2ccc(Cl)nc2)C1. The molecule has 0 saturated carbocycles. The molecule has 14 heavy (non-hydrogen) atoms. The highest BCUT2D eigenvalue weighted by atomic mass is 35.5. The Hall–Kier alpha value is -0.800. The lowest BCUT2D eigenvalue weighted by Crippen LogP contribution is -2.42. The average Bonchev–Trinajstić information content (AvgIpc) is 2.19. The number of hydrogen-bond donors (Lipinski definition) is 1. The molecule has 2 heterocycles. The summed E-state index contributed by atoms with van der Waals surface area (Å²) in [5.74, 6) is 0. The van der Waals surface area contributed by atoms with E-state index in [1.165, 1.54) is 0 Å². The van der Waals surface area contributed by atoms with E-state index in [9.17, 15) is 0 Å². The van der Waals surface area contributed by atoms with Crippen LogP contribution in [0.4, 0.5) is 5.69 Å². The molecule has 1 aliphatic rings. The van der Waals surface area contributed by atoms with E-state index in [4.69, 9.17) is 17.3 Å². The molecule has 4 heteroatoms. The van der Waals surface area contributed by atoms with Gasteiger partial charge in [0, 0.05) is 19.1 Å². The van der Waals surface area contributed by atoms with Crippen LogP contribution in [0.15, 0.2) is 18.3 Å². The number of piperidine rings is 1. The van der Waals surface area contributed by atoms with Crippen LogP contribution in [0.5, 0.6) is 0 Å². The molecule has 0 spiro atoms. The average molecular weight is 212 g/mol. The quantitative estimate of drug-likeness (QED) is 0.719. The Kier molecular flexibility index (Phi) is 2.89. The molecule has 0 bridgehead atoms. The predicted molar refractivity (Wildman–Crippen MR) is 58.7 cm³/mol. The first-order valence-corrected chi connectivity index (χ1v) is 5.25. The van der Waals surface area contributed by atoms with Crippen molar-refractivity contribution in [3.63, 3.8) is 0 Å². The van der Waals surface area contributed by atoms with Crippen molar-refractivity contribution in [3.8, 4) is 0 Å². The molecule has 0 radical (unpaired) electrons. The molecule has 1 aromatic heterocycles. The van der Waals surface area contributed by atoms with Crippen LogP contribution in [0, 0.1) is 0 Å². The molecular weight excluding hydrogens is 198 g/mol. The molecule has 0 unspecified atom stereocenters. The summed E-state index contributed by atoms with van der Waals surface area (Å²) in [5, 5.41) is 0.537. The first-order valence-electron chi connectivity index (χ1n) is 4.88. The lowest BCUT2D eigenvalue weighted by Gasteiger charge is -2.32. The Morgan fingerprint density at radius 3 is 3.00 bits per heavy atom. The van der Waals surface area contributed by atoms with Gasteiger partial charge in [-0.2, -0.15) is 0 Å². The van der Waals surface area contributed by atoms with E-state index in [2.05, 4.69) is 9.88 Å². The molecule has 1 atom stereocenters. The molecule has 1 aromatic rings. The van der Waals surface area contributed by atoms with Crippen LogP contribution >= 0.6 is 11.6 Å². The normalized spacial score (nSPS) is 22.4. The highest BCUT2D eigenvalue weighted by molar-refractivity contribution is 6.29. The fraction of sp³-hybridized carbons (Fsp3) is 0.500. The van der Waals surface area contributed by atoms with Crippen molar-refractivity contribution in [2.75, 3.05) is 18.0 Å². The molecule has 1 saturated heterocycles. The third-order valence-corrected chi connectivity index (χ3v) is 2.76. The van der Waals surface area contributed by atoms with E-state index in [1.54, 1.807) is 6.20 Å². The van der Waals surface area contributed by atoms with Gasteiger partial charge < -0.3 is 10.6 Å². The first-order chi connectivity index (χ1) is 6.75. The zero-order chi connectivity index (χ0) is 9.97. The number of nitrogens with zero attached hydrogens (tertiary/aromatic N) is 2. The summed E-state index contributed by atoms with van der Waals surface area (Å²) in [6.07, 6.45) is 4.09. The highest BCUT2D eigenvalue weighted by Gasteiger charge is 2.16. The van der Waals surface area contributed by atoms with E-state index in [-0.39, 0.29) is 0 Å². The number of hydrogen-bond acceptors (Lipinski definition) is 3. The van der Waals surface area contributed by atoms with Crippen molar-refractivity contribution in [3.05, 3.63) is 23.5 Å². The second kappa shape index (κ2) is 4.15. The van der Waals surface area contributed by atoms with Crippen molar-refractivity contribution < 1.29 is 0 Å². The summed E-state index contributed by atoms with van der Waals surface area (Å²) >= 11 is 5.72. The molecule has 2 rings (SSSR count). The minimum absolute atomic E-state index is 0.291. The minimum Gasteiger partial charge on any atom is -0.369 e. The summed E-state index contributed by atoms with van der Waals surface area (Å²) < 4.78 is 0. The van der Waals surface area contributed by atoms with Crippen LogP contribution < -0.4 is 10.6 Å². The molecule has 0 amide bonds. The largest absolute Gasteiger partial charge is 0.369 e. The summed E-state index contributed by atoms with van der Waals surface area (Å²) in [7, 11) is 0. The van der Waals surface area contributed by atoms with Crippen molar-refractivity contribution in [2.24, 2.45) is 5.73 Å². The first kappa shape index (κ1) is 9.74. The maximum absolute atomic E-state index is 5.90. The van der Waals surface area contributed by atoms with Gasteiger partial charge in [-0.15, -0.1) is 0 Å². The summed E-state index contributed by atoms with van der Waals surface area (Å²) in [4.78, 5) is 6.32. The number of pyridine rings is 1. The van der Waals surface area contributed by atoms with E-state index < -0.39 is 0 Å². The van der Waals surface area contributed by atoms with Crippen molar-refractivity contribution in [1.29, 1.82) is 0 Å².